The normalized spacial score (nSPS) is 17.6. The van der Waals surface area contributed by atoms with Crippen molar-refractivity contribution in [1.82, 2.24) is 19.6 Å². The molecule has 1 saturated heterocycles. The van der Waals surface area contributed by atoms with E-state index in [1.807, 2.05) is 18.5 Å². The van der Waals surface area contributed by atoms with Crippen LogP contribution in [0.1, 0.15) is 29.7 Å². The molecule has 0 radical (unpaired) electrons. The molecule has 0 amide bonds. The van der Waals surface area contributed by atoms with Crippen LogP contribution in [0.4, 0.5) is 5.82 Å². The van der Waals surface area contributed by atoms with Gasteiger partial charge in [0, 0.05) is 31.0 Å². The van der Waals surface area contributed by atoms with Crippen LogP contribution in [0, 0.1) is 12.3 Å². The van der Waals surface area contributed by atoms with Crippen molar-refractivity contribution in [3.63, 3.8) is 0 Å². The summed E-state index contributed by atoms with van der Waals surface area (Å²) in [6.45, 7) is 4.18. The molecule has 1 spiro atoms. The summed E-state index contributed by atoms with van der Waals surface area (Å²) in [7, 11) is 0. The molecule has 0 bridgehead atoms. The van der Waals surface area contributed by atoms with Crippen LogP contribution in [0.25, 0.3) is 16.8 Å². The largest absolute Gasteiger partial charge is 0.355 e. The Kier molecular flexibility index (Phi) is 3.91. The first-order valence-electron chi connectivity index (χ1n) is 10.8. The van der Waals surface area contributed by atoms with E-state index in [0.717, 1.165) is 41.4 Å². The van der Waals surface area contributed by atoms with Gasteiger partial charge in [-0.2, -0.15) is 5.10 Å². The van der Waals surface area contributed by atoms with Crippen molar-refractivity contribution in [3.8, 4) is 11.3 Å². The van der Waals surface area contributed by atoms with Crippen LogP contribution in [-0.2, 0) is 12.8 Å². The third kappa shape index (κ3) is 2.72. The monoisotopic (exact) mass is 395 g/mol. The molecular formula is C25H25N5. The maximum Gasteiger partial charge on any atom is 0.155 e. The van der Waals surface area contributed by atoms with Crippen molar-refractivity contribution >= 4 is 11.3 Å². The second-order valence-electron chi connectivity index (χ2n) is 8.85. The van der Waals surface area contributed by atoms with Gasteiger partial charge in [-0.1, -0.05) is 30.3 Å². The fourth-order valence-electron chi connectivity index (χ4n) is 5.44. The summed E-state index contributed by atoms with van der Waals surface area (Å²) in [6, 6.07) is 14.7. The Morgan fingerprint density at radius 1 is 0.900 bits per heavy atom. The number of aromatic nitrogens is 4. The van der Waals surface area contributed by atoms with Crippen LogP contribution >= 0.6 is 0 Å². The van der Waals surface area contributed by atoms with Crippen molar-refractivity contribution < 1.29 is 0 Å². The van der Waals surface area contributed by atoms with Crippen LogP contribution in [0.2, 0.25) is 0 Å². The van der Waals surface area contributed by atoms with E-state index in [1.54, 1.807) is 0 Å². The van der Waals surface area contributed by atoms with Crippen LogP contribution in [0.5, 0.6) is 0 Å². The Labute approximate surface area is 176 Å². The van der Waals surface area contributed by atoms with Crippen molar-refractivity contribution in [2.24, 2.45) is 5.41 Å². The minimum Gasteiger partial charge on any atom is -0.355 e. The molecular weight excluding hydrogens is 370 g/mol. The number of benzene rings is 1. The predicted octanol–water partition coefficient (Wildman–Crippen LogP) is 4.49. The number of fused-ring (bicyclic) bond motifs is 2. The fourth-order valence-corrected chi connectivity index (χ4v) is 5.44. The first-order chi connectivity index (χ1) is 14.7. The number of hydrogen-bond donors (Lipinski definition) is 0. The number of nitrogens with zero attached hydrogens (tertiary/aromatic N) is 5. The lowest BCUT2D eigenvalue weighted by atomic mass is 9.76. The zero-order chi connectivity index (χ0) is 20.1. The highest BCUT2D eigenvalue weighted by atomic mass is 15.3. The van der Waals surface area contributed by atoms with Gasteiger partial charge in [0.2, 0.25) is 0 Å². The number of pyridine rings is 1. The van der Waals surface area contributed by atoms with Gasteiger partial charge >= 0.3 is 0 Å². The number of hydrogen-bond acceptors (Lipinski definition) is 4. The first-order valence-corrected chi connectivity index (χ1v) is 10.8. The summed E-state index contributed by atoms with van der Waals surface area (Å²) in [5, 5.41) is 4.65. The third-order valence-electron chi connectivity index (χ3n) is 7.01. The summed E-state index contributed by atoms with van der Waals surface area (Å²) in [5.74, 6) is 1.07. The van der Waals surface area contributed by atoms with Crippen molar-refractivity contribution in [1.29, 1.82) is 0 Å². The van der Waals surface area contributed by atoms with Crippen LogP contribution in [-0.4, -0.2) is 32.7 Å². The Bertz CT molecular complexity index is 1190. The molecule has 1 fully saturated rings. The Morgan fingerprint density at radius 3 is 2.50 bits per heavy atom. The van der Waals surface area contributed by atoms with E-state index in [-0.39, 0.29) is 0 Å². The average molecular weight is 396 g/mol. The van der Waals surface area contributed by atoms with Crippen molar-refractivity contribution in [3.05, 3.63) is 77.9 Å². The maximum absolute atomic E-state index is 5.08. The molecule has 0 unspecified atom stereocenters. The van der Waals surface area contributed by atoms with E-state index >= 15 is 0 Å². The molecule has 5 heteroatoms. The van der Waals surface area contributed by atoms with E-state index in [4.69, 9.17) is 4.98 Å². The summed E-state index contributed by atoms with van der Waals surface area (Å²) < 4.78 is 2.06. The van der Waals surface area contributed by atoms with Crippen molar-refractivity contribution in [2.75, 3.05) is 18.0 Å². The molecule has 5 nitrogen and oxygen atoms in total. The number of rotatable bonds is 2. The molecule has 0 N–H and O–H groups in total. The minimum atomic E-state index is 0.400. The van der Waals surface area contributed by atoms with Gasteiger partial charge in [-0.25, -0.2) is 9.50 Å². The highest BCUT2D eigenvalue weighted by Crippen LogP contribution is 2.45. The van der Waals surface area contributed by atoms with Gasteiger partial charge in [0.15, 0.2) is 5.82 Å². The molecule has 0 atom stereocenters. The van der Waals surface area contributed by atoms with Crippen LogP contribution in [0.15, 0.2) is 61.1 Å². The molecule has 2 aliphatic rings. The van der Waals surface area contributed by atoms with Gasteiger partial charge in [0.05, 0.1) is 17.6 Å². The second kappa shape index (κ2) is 6.66. The van der Waals surface area contributed by atoms with Crippen molar-refractivity contribution in [2.45, 2.75) is 32.6 Å². The fraction of sp³-hybridized carbons (Fsp3) is 0.320. The van der Waals surface area contributed by atoms with Gasteiger partial charge in [-0.3, -0.25) is 4.98 Å². The summed E-state index contributed by atoms with van der Waals surface area (Å²) in [5.41, 5.74) is 7.69. The van der Waals surface area contributed by atoms with Gasteiger partial charge in [-0.15, -0.1) is 0 Å². The Balaban J connectivity index is 1.31. The number of anilines is 1. The zero-order valence-corrected chi connectivity index (χ0v) is 17.3. The molecule has 30 heavy (non-hydrogen) atoms. The minimum absolute atomic E-state index is 0.400. The van der Waals surface area contributed by atoms with Gasteiger partial charge in [0.25, 0.3) is 0 Å². The molecule has 4 heterocycles. The van der Waals surface area contributed by atoms with Crippen LogP contribution in [0.3, 0.4) is 0 Å². The quantitative estimate of drug-likeness (QED) is 0.502. The lowest BCUT2D eigenvalue weighted by molar-refractivity contribution is 0.232. The van der Waals surface area contributed by atoms with E-state index in [1.165, 1.54) is 36.8 Å². The molecule has 150 valence electrons. The van der Waals surface area contributed by atoms with Gasteiger partial charge < -0.3 is 4.90 Å². The first kappa shape index (κ1) is 17.6. The zero-order valence-electron chi connectivity index (χ0n) is 17.3. The molecule has 1 aromatic carbocycles. The highest BCUT2D eigenvalue weighted by molar-refractivity contribution is 5.75. The van der Waals surface area contributed by atoms with E-state index in [9.17, 15) is 0 Å². The standard InChI is InChI=1S/C25H25N5/c1-18-23(19-5-3-2-4-6-19)30-22(8-12-27-30)24(28-18)29-13-9-25(10-14-29)15-20-7-11-26-17-21(20)16-25/h2-8,11-12,17H,9-10,13-16H2,1H3. The second-order valence-corrected chi connectivity index (χ2v) is 8.85. The molecule has 3 aromatic heterocycles. The maximum atomic E-state index is 5.08. The lowest BCUT2D eigenvalue weighted by Gasteiger charge is -2.40. The molecule has 1 aliphatic heterocycles. The number of aryl methyl sites for hydroxylation is 1. The number of piperidine rings is 1. The van der Waals surface area contributed by atoms with E-state index in [2.05, 4.69) is 69.0 Å². The topological polar surface area (TPSA) is 46.3 Å². The smallest absolute Gasteiger partial charge is 0.155 e. The molecule has 6 rings (SSSR count). The van der Waals surface area contributed by atoms with E-state index < -0.39 is 0 Å². The highest BCUT2D eigenvalue weighted by Gasteiger charge is 2.40. The molecule has 4 aromatic rings. The summed E-state index contributed by atoms with van der Waals surface area (Å²) in [4.78, 5) is 11.9. The summed E-state index contributed by atoms with van der Waals surface area (Å²) in [6.07, 6.45) is 10.7. The summed E-state index contributed by atoms with van der Waals surface area (Å²) >= 11 is 0. The predicted molar refractivity (Wildman–Crippen MR) is 119 cm³/mol. The van der Waals surface area contributed by atoms with Gasteiger partial charge in [0.1, 0.15) is 5.52 Å². The molecule has 0 saturated carbocycles. The SMILES string of the molecule is Cc1nc(N2CCC3(CC2)Cc2ccncc2C3)c2ccnn2c1-c1ccccc1. The lowest BCUT2D eigenvalue weighted by Crippen LogP contribution is -2.41. The molecule has 1 aliphatic carbocycles. The third-order valence-corrected chi connectivity index (χ3v) is 7.01. The van der Waals surface area contributed by atoms with E-state index in [0.29, 0.717) is 5.41 Å². The average Bonchev–Trinajstić information content (AvgIpc) is 3.39. The Hall–Kier alpha value is -3.21. The van der Waals surface area contributed by atoms with Crippen LogP contribution < -0.4 is 4.90 Å². The van der Waals surface area contributed by atoms with Gasteiger partial charge in [-0.05, 0) is 61.3 Å². The Morgan fingerprint density at radius 2 is 1.70 bits per heavy atom.